The lowest BCUT2D eigenvalue weighted by molar-refractivity contribution is -0.136. The number of alkyl halides is 1. The number of hydrogen-bond donors (Lipinski definition) is 1. The first-order valence-corrected chi connectivity index (χ1v) is 4.58. The molecule has 0 aliphatic rings. The van der Waals surface area contributed by atoms with Gasteiger partial charge in [-0.3, -0.25) is 4.79 Å². The summed E-state index contributed by atoms with van der Waals surface area (Å²) in [7, 11) is 1.51. The minimum atomic E-state index is -0.926. The molecule has 0 spiro atoms. The van der Waals surface area contributed by atoms with Crippen molar-refractivity contribution < 1.29 is 14.6 Å². The van der Waals surface area contributed by atoms with Crippen molar-refractivity contribution >= 4 is 21.9 Å². The summed E-state index contributed by atoms with van der Waals surface area (Å²) in [4.78, 5) is 9.95. The summed E-state index contributed by atoms with van der Waals surface area (Å²) in [5.41, 5.74) is 0.623. The van der Waals surface area contributed by atoms with Crippen LogP contribution in [-0.4, -0.2) is 18.2 Å². The second-order valence-electron chi connectivity index (χ2n) is 2.44. The highest BCUT2D eigenvalue weighted by Gasteiger charge is 2.18. The Balaban J connectivity index is 3.05. The first kappa shape index (κ1) is 10.1. The number of ether oxygens (including phenoxy) is 1. The quantitative estimate of drug-likeness (QED) is 0.830. The summed E-state index contributed by atoms with van der Waals surface area (Å²) in [6, 6.07) is 7.01. The first-order chi connectivity index (χ1) is 6.16. The van der Waals surface area contributed by atoms with Crippen LogP contribution < -0.4 is 4.74 Å². The fourth-order valence-electron chi connectivity index (χ4n) is 1.01. The highest BCUT2D eigenvalue weighted by Crippen LogP contribution is 2.30. The summed E-state index contributed by atoms with van der Waals surface area (Å²) in [6.07, 6.45) is 0. The predicted molar refractivity (Wildman–Crippen MR) is 52.3 cm³/mol. The van der Waals surface area contributed by atoms with E-state index in [-0.39, 0.29) is 0 Å². The molecule has 3 nitrogen and oxygen atoms in total. The minimum Gasteiger partial charge on any atom is -0.496 e. The molecule has 70 valence electrons. The zero-order chi connectivity index (χ0) is 9.84. The highest BCUT2D eigenvalue weighted by atomic mass is 79.9. The molecule has 0 saturated heterocycles. The maximum atomic E-state index is 10.7. The van der Waals surface area contributed by atoms with Gasteiger partial charge in [0.25, 0.3) is 0 Å². The van der Waals surface area contributed by atoms with Crippen LogP contribution in [-0.2, 0) is 4.79 Å². The SMILES string of the molecule is COc1ccccc1[C@@H](Br)C(=O)O. The average Bonchev–Trinajstić information content (AvgIpc) is 2.16. The smallest absolute Gasteiger partial charge is 0.321 e. The molecule has 0 bridgehead atoms. The van der Waals surface area contributed by atoms with E-state index in [9.17, 15) is 4.79 Å². The third-order valence-corrected chi connectivity index (χ3v) is 2.51. The number of carboxylic acid groups (broad SMARTS) is 1. The lowest BCUT2D eigenvalue weighted by Gasteiger charge is -2.09. The number of halogens is 1. The van der Waals surface area contributed by atoms with Crippen LogP contribution in [0.3, 0.4) is 0 Å². The van der Waals surface area contributed by atoms with Gasteiger partial charge in [0.05, 0.1) is 7.11 Å². The van der Waals surface area contributed by atoms with Gasteiger partial charge in [0, 0.05) is 5.56 Å². The van der Waals surface area contributed by atoms with Crippen LogP contribution in [0.2, 0.25) is 0 Å². The Morgan fingerprint density at radius 3 is 2.69 bits per heavy atom. The summed E-state index contributed by atoms with van der Waals surface area (Å²) >= 11 is 3.06. The van der Waals surface area contributed by atoms with Crippen LogP contribution in [0.1, 0.15) is 10.4 Å². The van der Waals surface area contributed by atoms with Crippen molar-refractivity contribution in [3.63, 3.8) is 0 Å². The normalized spacial score (nSPS) is 12.2. The fraction of sp³-hybridized carbons (Fsp3) is 0.222. The van der Waals surface area contributed by atoms with Gasteiger partial charge in [-0.05, 0) is 6.07 Å². The van der Waals surface area contributed by atoms with Crippen molar-refractivity contribution in [2.45, 2.75) is 4.83 Å². The van der Waals surface area contributed by atoms with E-state index in [1.807, 2.05) is 0 Å². The Labute approximate surface area is 84.5 Å². The standard InChI is InChI=1S/C9H9BrO3/c1-13-7-5-3-2-4-6(7)8(10)9(11)12/h2-5,8H,1H3,(H,11,12)/t8-/m1/s1. The van der Waals surface area contributed by atoms with Crippen molar-refractivity contribution in [1.82, 2.24) is 0 Å². The van der Waals surface area contributed by atoms with E-state index in [0.29, 0.717) is 11.3 Å². The number of carbonyl (C=O) groups is 1. The van der Waals surface area contributed by atoms with E-state index in [1.54, 1.807) is 24.3 Å². The summed E-state index contributed by atoms with van der Waals surface area (Å²) in [6.45, 7) is 0. The number of benzene rings is 1. The molecule has 0 fully saturated rings. The third kappa shape index (κ3) is 2.21. The van der Waals surface area contributed by atoms with E-state index in [1.165, 1.54) is 7.11 Å². The average molecular weight is 245 g/mol. The largest absolute Gasteiger partial charge is 0.496 e. The molecule has 1 N–H and O–H groups in total. The lowest BCUT2D eigenvalue weighted by Crippen LogP contribution is -2.05. The lowest BCUT2D eigenvalue weighted by atomic mass is 10.1. The monoisotopic (exact) mass is 244 g/mol. The van der Waals surface area contributed by atoms with Gasteiger partial charge in [-0.1, -0.05) is 34.1 Å². The van der Waals surface area contributed by atoms with E-state index < -0.39 is 10.8 Å². The molecule has 0 unspecified atom stereocenters. The Kier molecular flexibility index (Phi) is 3.31. The molecule has 13 heavy (non-hydrogen) atoms. The summed E-state index contributed by atoms with van der Waals surface area (Å²) in [5.74, 6) is -0.351. The van der Waals surface area contributed by atoms with Crippen LogP contribution in [0.4, 0.5) is 0 Å². The molecule has 0 aliphatic heterocycles. The molecule has 1 atom stereocenters. The molecule has 1 aromatic rings. The number of carboxylic acids is 1. The van der Waals surface area contributed by atoms with E-state index in [0.717, 1.165) is 0 Å². The van der Waals surface area contributed by atoms with E-state index in [4.69, 9.17) is 9.84 Å². The van der Waals surface area contributed by atoms with Gasteiger partial charge in [-0.2, -0.15) is 0 Å². The minimum absolute atomic E-state index is 0.576. The molecule has 1 aromatic carbocycles. The number of rotatable bonds is 3. The zero-order valence-corrected chi connectivity index (χ0v) is 8.61. The van der Waals surface area contributed by atoms with Crippen molar-refractivity contribution in [1.29, 1.82) is 0 Å². The van der Waals surface area contributed by atoms with Gasteiger partial charge in [0.15, 0.2) is 0 Å². The van der Waals surface area contributed by atoms with E-state index in [2.05, 4.69) is 15.9 Å². The molecule has 0 saturated carbocycles. The summed E-state index contributed by atoms with van der Waals surface area (Å²) in [5, 5.41) is 8.75. The number of aliphatic carboxylic acids is 1. The highest BCUT2D eigenvalue weighted by molar-refractivity contribution is 9.09. The van der Waals surface area contributed by atoms with Crippen molar-refractivity contribution in [2.24, 2.45) is 0 Å². The second kappa shape index (κ2) is 4.28. The van der Waals surface area contributed by atoms with Crippen LogP contribution in [0, 0.1) is 0 Å². The topological polar surface area (TPSA) is 46.5 Å². The molecule has 0 aromatic heterocycles. The molecule has 0 radical (unpaired) electrons. The van der Waals surface area contributed by atoms with Gasteiger partial charge >= 0.3 is 5.97 Å². The number of para-hydroxylation sites is 1. The maximum absolute atomic E-state index is 10.7. The molecule has 0 amide bonds. The molecule has 0 heterocycles. The van der Waals surface area contributed by atoms with Crippen molar-refractivity contribution in [2.75, 3.05) is 7.11 Å². The Morgan fingerprint density at radius 2 is 2.15 bits per heavy atom. The first-order valence-electron chi connectivity index (χ1n) is 3.66. The fourth-order valence-corrected chi connectivity index (χ4v) is 1.39. The van der Waals surface area contributed by atoms with Crippen LogP contribution in [0.5, 0.6) is 5.75 Å². The molecular weight excluding hydrogens is 236 g/mol. The Bertz CT molecular complexity index is 311. The van der Waals surface area contributed by atoms with Crippen molar-refractivity contribution in [3.8, 4) is 5.75 Å². The van der Waals surface area contributed by atoms with Gasteiger partial charge < -0.3 is 9.84 Å². The zero-order valence-electron chi connectivity index (χ0n) is 7.03. The van der Waals surface area contributed by atoms with Crippen molar-refractivity contribution in [3.05, 3.63) is 29.8 Å². The van der Waals surface area contributed by atoms with E-state index >= 15 is 0 Å². The molecule has 4 heteroatoms. The summed E-state index contributed by atoms with van der Waals surface area (Å²) < 4.78 is 5.02. The van der Waals surface area contributed by atoms with Gasteiger partial charge in [-0.25, -0.2) is 0 Å². The molecule has 0 aliphatic carbocycles. The van der Waals surface area contributed by atoms with Crippen LogP contribution in [0.15, 0.2) is 24.3 Å². The molecular formula is C9H9BrO3. The predicted octanol–water partition coefficient (Wildman–Crippen LogP) is 2.22. The van der Waals surface area contributed by atoms with Gasteiger partial charge in [-0.15, -0.1) is 0 Å². The Morgan fingerprint density at radius 1 is 1.54 bits per heavy atom. The van der Waals surface area contributed by atoms with Crippen LogP contribution >= 0.6 is 15.9 Å². The van der Waals surface area contributed by atoms with Crippen LogP contribution in [0.25, 0.3) is 0 Å². The number of methoxy groups -OCH3 is 1. The number of hydrogen-bond acceptors (Lipinski definition) is 2. The second-order valence-corrected chi connectivity index (χ2v) is 3.36. The van der Waals surface area contributed by atoms with Gasteiger partial charge in [0.1, 0.15) is 10.6 Å². The third-order valence-electron chi connectivity index (χ3n) is 1.63. The van der Waals surface area contributed by atoms with Gasteiger partial charge in [0.2, 0.25) is 0 Å². The Hall–Kier alpha value is -1.03. The molecule has 1 rings (SSSR count). The maximum Gasteiger partial charge on any atom is 0.321 e.